The zero-order chi connectivity index (χ0) is 12.5. The highest BCUT2D eigenvalue weighted by molar-refractivity contribution is 7.80. The first kappa shape index (κ1) is 11.9. The third-order valence-corrected chi connectivity index (χ3v) is 4.36. The maximum absolute atomic E-state index is 5.60. The Morgan fingerprint density at radius 1 is 1.22 bits per heavy atom. The highest BCUT2D eigenvalue weighted by atomic mass is 32.1. The Morgan fingerprint density at radius 3 is 2.72 bits per heavy atom. The Morgan fingerprint density at radius 2 is 2.00 bits per heavy atom. The summed E-state index contributed by atoms with van der Waals surface area (Å²) in [6.45, 7) is 2.52. The highest BCUT2D eigenvalue weighted by Gasteiger charge is 2.36. The van der Waals surface area contributed by atoms with Crippen LogP contribution in [0.5, 0.6) is 0 Å². The fraction of sp³-hybridized carbons (Fsp3) is 0.500. The number of nitrogens with zero attached hydrogens (tertiary/aromatic N) is 1. The fourth-order valence-electron chi connectivity index (χ4n) is 3.20. The number of nitrogens with one attached hydrogen (secondary N) is 1. The van der Waals surface area contributed by atoms with Crippen LogP contribution < -0.4 is 11.1 Å². The van der Waals surface area contributed by atoms with Crippen LogP contribution in [0.2, 0.25) is 0 Å². The molecule has 2 aliphatic rings. The smallest absolute Gasteiger partial charge is 0.103 e. The molecule has 1 aromatic carbocycles. The van der Waals surface area contributed by atoms with E-state index < -0.39 is 0 Å². The molecule has 3 N–H and O–H groups in total. The van der Waals surface area contributed by atoms with Crippen LogP contribution in [0.25, 0.3) is 0 Å². The summed E-state index contributed by atoms with van der Waals surface area (Å²) >= 11 is 4.96. The molecule has 2 saturated heterocycles. The van der Waals surface area contributed by atoms with E-state index in [-0.39, 0.29) is 0 Å². The second-order valence-electron chi connectivity index (χ2n) is 5.23. The Labute approximate surface area is 113 Å². The summed E-state index contributed by atoms with van der Waals surface area (Å²) in [7, 11) is 0. The van der Waals surface area contributed by atoms with Gasteiger partial charge in [0.15, 0.2) is 0 Å². The van der Waals surface area contributed by atoms with Crippen molar-refractivity contribution in [3.8, 4) is 0 Å². The Balaban J connectivity index is 1.67. The summed E-state index contributed by atoms with van der Waals surface area (Å²) in [6, 6.07) is 9.47. The molecule has 0 amide bonds. The van der Waals surface area contributed by atoms with Crippen LogP contribution in [0.4, 0.5) is 5.69 Å². The number of hydrogen-bond donors (Lipinski definition) is 2. The summed E-state index contributed by atoms with van der Waals surface area (Å²) in [4.78, 5) is 3.07. The lowest BCUT2D eigenvalue weighted by molar-refractivity contribution is 0.318. The summed E-state index contributed by atoms with van der Waals surface area (Å²) in [6.07, 6.45) is 3.94. The van der Waals surface area contributed by atoms with Crippen LogP contribution in [-0.2, 0) is 0 Å². The Hall–Kier alpha value is -1.13. The van der Waals surface area contributed by atoms with Crippen LogP contribution in [0.3, 0.4) is 0 Å². The van der Waals surface area contributed by atoms with E-state index in [2.05, 4.69) is 22.3 Å². The van der Waals surface area contributed by atoms with E-state index in [1.54, 1.807) is 0 Å². The van der Waals surface area contributed by atoms with E-state index in [4.69, 9.17) is 18.0 Å². The van der Waals surface area contributed by atoms with Crippen molar-refractivity contribution in [1.82, 2.24) is 4.90 Å². The zero-order valence-electron chi connectivity index (χ0n) is 10.4. The molecule has 2 aliphatic heterocycles. The molecule has 0 saturated carbocycles. The Kier molecular flexibility index (Phi) is 3.22. The Bertz CT molecular complexity index is 443. The number of rotatable bonds is 3. The van der Waals surface area contributed by atoms with Gasteiger partial charge in [-0.15, -0.1) is 0 Å². The molecule has 0 radical (unpaired) electrons. The van der Waals surface area contributed by atoms with Gasteiger partial charge in [0.25, 0.3) is 0 Å². The third kappa shape index (κ3) is 2.22. The van der Waals surface area contributed by atoms with E-state index >= 15 is 0 Å². The first-order valence-electron chi connectivity index (χ1n) is 6.64. The molecule has 0 bridgehead atoms. The fourth-order valence-corrected chi connectivity index (χ4v) is 3.33. The monoisotopic (exact) mass is 261 g/mol. The molecular formula is C14H19N3S. The van der Waals surface area contributed by atoms with Gasteiger partial charge in [-0.2, -0.15) is 0 Å². The molecule has 18 heavy (non-hydrogen) atoms. The van der Waals surface area contributed by atoms with Crippen LogP contribution in [0, 0.1) is 0 Å². The van der Waals surface area contributed by atoms with Crippen molar-refractivity contribution in [3.63, 3.8) is 0 Å². The summed E-state index contributed by atoms with van der Waals surface area (Å²) in [5.41, 5.74) is 7.71. The van der Waals surface area contributed by atoms with Crippen LogP contribution >= 0.6 is 12.2 Å². The first-order valence-corrected chi connectivity index (χ1v) is 7.05. The molecule has 4 heteroatoms. The van der Waals surface area contributed by atoms with Gasteiger partial charge < -0.3 is 11.1 Å². The van der Waals surface area contributed by atoms with Gasteiger partial charge in [0.2, 0.25) is 0 Å². The SMILES string of the molecule is NC(=S)c1ccc(NC2CCN3CCCC23)cc1. The molecule has 2 atom stereocenters. The van der Waals surface area contributed by atoms with E-state index in [1.807, 2.05) is 12.1 Å². The van der Waals surface area contributed by atoms with Crippen molar-refractivity contribution < 1.29 is 0 Å². The molecule has 0 spiro atoms. The number of hydrogen-bond acceptors (Lipinski definition) is 3. The highest BCUT2D eigenvalue weighted by Crippen LogP contribution is 2.30. The lowest BCUT2D eigenvalue weighted by Gasteiger charge is -2.22. The second-order valence-corrected chi connectivity index (χ2v) is 5.67. The number of fused-ring (bicyclic) bond motifs is 1. The van der Waals surface area contributed by atoms with Gasteiger partial charge in [-0.05, 0) is 50.1 Å². The lowest BCUT2D eigenvalue weighted by atomic mass is 10.1. The van der Waals surface area contributed by atoms with Gasteiger partial charge in [0.1, 0.15) is 4.99 Å². The lowest BCUT2D eigenvalue weighted by Crippen LogP contribution is -2.33. The number of anilines is 1. The average molecular weight is 261 g/mol. The summed E-state index contributed by atoms with van der Waals surface area (Å²) < 4.78 is 0. The van der Waals surface area contributed by atoms with Gasteiger partial charge in [-0.25, -0.2) is 0 Å². The van der Waals surface area contributed by atoms with Gasteiger partial charge in [-0.3, -0.25) is 4.90 Å². The topological polar surface area (TPSA) is 41.3 Å². The molecule has 0 aliphatic carbocycles. The molecular weight excluding hydrogens is 242 g/mol. The third-order valence-electron chi connectivity index (χ3n) is 4.13. The molecule has 2 heterocycles. The predicted octanol–water partition coefficient (Wildman–Crippen LogP) is 1.97. The van der Waals surface area contributed by atoms with Crippen molar-refractivity contribution >= 4 is 22.9 Å². The van der Waals surface area contributed by atoms with E-state index in [0.29, 0.717) is 11.0 Å². The molecule has 0 aromatic heterocycles. The largest absolute Gasteiger partial charge is 0.389 e. The number of thiocarbonyl (C=S) groups is 1. The van der Waals surface area contributed by atoms with Crippen molar-refractivity contribution in [3.05, 3.63) is 29.8 Å². The zero-order valence-corrected chi connectivity index (χ0v) is 11.2. The van der Waals surface area contributed by atoms with Crippen LogP contribution in [-0.4, -0.2) is 35.1 Å². The molecule has 96 valence electrons. The number of benzene rings is 1. The maximum atomic E-state index is 5.60. The molecule has 2 unspecified atom stereocenters. The molecule has 3 nitrogen and oxygen atoms in total. The summed E-state index contributed by atoms with van der Waals surface area (Å²) in [5.74, 6) is 0. The maximum Gasteiger partial charge on any atom is 0.103 e. The van der Waals surface area contributed by atoms with Crippen molar-refractivity contribution in [2.45, 2.75) is 31.3 Å². The summed E-state index contributed by atoms with van der Waals surface area (Å²) in [5, 5.41) is 3.65. The van der Waals surface area contributed by atoms with Crippen LogP contribution in [0.1, 0.15) is 24.8 Å². The molecule has 2 fully saturated rings. The van der Waals surface area contributed by atoms with Crippen molar-refractivity contribution in [1.29, 1.82) is 0 Å². The second kappa shape index (κ2) is 4.86. The quantitative estimate of drug-likeness (QED) is 0.816. The van der Waals surface area contributed by atoms with Crippen molar-refractivity contribution in [2.75, 3.05) is 18.4 Å². The van der Waals surface area contributed by atoms with Crippen molar-refractivity contribution in [2.24, 2.45) is 5.73 Å². The minimum absolute atomic E-state index is 0.462. The molecule has 1 aromatic rings. The van der Waals surface area contributed by atoms with Gasteiger partial charge in [-0.1, -0.05) is 12.2 Å². The van der Waals surface area contributed by atoms with Gasteiger partial charge in [0.05, 0.1) is 0 Å². The minimum atomic E-state index is 0.462. The number of nitrogens with two attached hydrogens (primary N) is 1. The standard InChI is InChI=1S/C14H19N3S/c15-14(18)10-3-5-11(6-4-10)16-12-7-9-17-8-1-2-13(12)17/h3-6,12-13,16H,1-2,7-9H2,(H2,15,18). The molecule has 3 rings (SSSR count). The normalized spacial score (nSPS) is 27.1. The van der Waals surface area contributed by atoms with Crippen LogP contribution in [0.15, 0.2) is 24.3 Å². The average Bonchev–Trinajstić information content (AvgIpc) is 2.95. The van der Waals surface area contributed by atoms with Gasteiger partial charge >= 0.3 is 0 Å². The first-order chi connectivity index (χ1) is 8.74. The van der Waals surface area contributed by atoms with Gasteiger partial charge in [0, 0.05) is 29.9 Å². The minimum Gasteiger partial charge on any atom is -0.389 e. The van der Waals surface area contributed by atoms with E-state index in [9.17, 15) is 0 Å². The predicted molar refractivity (Wildman–Crippen MR) is 79.0 cm³/mol. The van der Waals surface area contributed by atoms with E-state index in [1.165, 1.54) is 38.0 Å². The van der Waals surface area contributed by atoms with E-state index in [0.717, 1.165) is 11.6 Å².